The first-order valence-corrected chi connectivity index (χ1v) is 10.2. The van der Waals surface area contributed by atoms with Gasteiger partial charge in [0.15, 0.2) is 0 Å². The number of aryl methyl sites for hydroxylation is 1. The van der Waals surface area contributed by atoms with Crippen molar-refractivity contribution in [2.24, 2.45) is 11.8 Å². The highest BCUT2D eigenvalue weighted by Gasteiger charge is 2.43. The van der Waals surface area contributed by atoms with Gasteiger partial charge in [-0.3, -0.25) is 9.59 Å². The van der Waals surface area contributed by atoms with Crippen LogP contribution in [0.25, 0.3) is 0 Å². The van der Waals surface area contributed by atoms with E-state index in [9.17, 15) is 14.7 Å². The van der Waals surface area contributed by atoms with Crippen LogP contribution in [0.4, 0.5) is 0 Å². The Morgan fingerprint density at radius 3 is 2.68 bits per heavy atom. The molecule has 0 unspecified atom stereocenters. The molecule has 1 aromatic rings. The molecule has 0 radical (unpaired) electrons. The van der Waals surface area contributed by atoms with E-state index in [-0.39, 0.29) is 17.9 Å². The lowest BCUT2D eigenvalue weighted by Gasteiger charge is -2.35. The van der Waals surface area contributed by atoms with E-state index in [1.54, 1.807) is 11.3 Å². The van der Waals surface area contributed by atoms with Gasteiger partial charge in [-0.25, -0.2) is 0 Å². The summed E-state index contributed by atoms with van der Waals surface area (Å²) in [5, 5.41) is 15.2. The normalized spacial score (nSPS) is 31.4. The van der Waals surface area contributed by atoms with E-state index in [2.05, 4.69) is 10.7 Å². The van der Waals surface area contributed by atoms with Gasteiger partial charge in [0.05, 0.1) is 17.7 Å². The van der Waals surface area contributed by atoms with Gasteiger partial charge in [-0.1, -0.05) is 0 Å². The maximum absolute atomic E-state index is 13.1. The summed E-state index contributed by atoms with van der Waals surface area (Å²) in [6.45, 7) is 2.97. The molecule has 2 fully saturated rings. The Morgan fingerprint density at radius 2 is 1.92 bits per heavy atom. The van der Waals surface area contributed by atoms with Crippen LogP contribution in [-0.2, 0) is 17.6 Å². The molecule has 0 bridgehead atoms. The molecule has 2 amide bonds. The SMILES string of the molecule is CC(=O)N[C@@H]1C[C@@H]2CN(C(=O)c3csc4c3CCCC4)C[C@@H]2C[C@H]1O. The lowest BCUT2D eigenvalue weighted by atomic mass is 9.77. The monoisotopic (exact) mass is 362 g/mol. The third-order valence-corrected chi connectivity index (χ3v) is 7.20. The zero-order chi connectivity index (χ0) is 17.6. The average Bonchev–Trinajstić information content (AvgIpc) is 3.18. The number of hydrogen-bond acceptors (Lipinski definition) is 4. The van der Waals surface area contributed by atoms with Gasteiger partial charge in [-0.2, -0.15) is 0 Å². The van der Waals surface area contributed by atoms with Crippen LogP contribution in [0.2, 0.25) is 0 Å². The van der Waals surface area contributed by atoms with Crippen LogP contribution in [0, 0.1) is 11.8 Å². The topological polar surface area (TPSA) is 69.6 Å². The number of carbonyl (C=O) groups is 2. The van der Waals surface area contributed by atoms with E-state index in [0.717, 1.165) is 37.9 Å². The lowest BCUT2D eigenvalue weighted by molar-refractivity contribution is -0.121. The molecule has 1 saturated heterocycles. The molecule has 6 heteroatoms. The number of aliphatic hydroxyl groups excluding tert-OH is 1. The Labute approximate surface area is 152 Å². The molecule has 4 atom stereocenters. The van der Waals surface area contributed by atoms with Gasteiger partial charge in [0.2, 0.25) is 5.91 Å². The number of amides is 2. The second-order valence-corrected chi connectivity index (χ2v) is 8.80. The largest absolute Gasteiger partial charge is 0.391 e. The zero-order valence-corrected chi connectivity index (χ0v) is 15.5. The minimum absolute atomic E-state index is 0.0988. The second kappa shape index (κ2) is 6.72. The van der Waals surface area contributed by atoms with Gasteiger partial charge in [0.25, 0.3) is 5.91 Å². The molecule has 5 nitrogen and oxygen atoms in total. The molecular weight excluding hydrogens is 336 g/mol. The first-order valence-electron chi connectivity index (χ1n) is 9.36. The number of likely N-dealkylation sites (tertiary alicyclic amines) is 1. The Morgan fingerprint density at radius 1 is 1.20 bits per heavy atom. The number of aliphatic hydroxyl groups is 1. The van der Waals surface area contributed by atoms with Gasteiger partial charge >= 0.3 is 0 Å². The van der Waals surface area contributed by atoms with E-state index in [1.165, 1.54) is 30.2 Å². The zero-order valence-electron chi connectivity index (χ0n) is 14.7. The highest BCUT2D eigenvalue weighted by Crippen LogP contribution is 2.38. The number of nitrogens with zero attached hydrogens (tertiary/aromatic N) is 1. The van der Waals surface area contributed by atoms with Gasteiger partial charge in [0, 0.05) is 30.3 Å². The minimum Gasteiger partial charge on any atom is -0.391 e. The Kier molecular flexibility index (Phi) is 4.58. The van der Waals surface area contributed by atoms with Crippen LogP contribution < -0.4 is 5.32 Å². The van der Waals surface area contributed by atoms with Crippen molar-refractivity contribution >= 4 is 23.2 Å². The van der Waals surface area contributed by atoms with Crippen molar-refractivity contribution in [3.05, 3.63) is 21.4 Å². The summed E-state index contributed by atoms with van der Waals surface area (Å²) in [5.41, 5.74) is 2.20. The predicted molar refractivity (Wildman–Crippen MR) is 96.7 cm³/mol. The van der Waals surface area contributed by atoms with Crippen LogP contribution in [0.5, 0.6) is 0 Å². The molecule has 25 heavy (non-hydrogen) atoms. The van der Waals surface area contributed by atoms with Crippen LogP contribution in [0.3, 0.4) is 0 Å². The maximum atomic E-state index is 13.1. The van der Waals surface area contributed by atoms with Crippen molar-refractivity contribution < 1.29 is 14.7 Å². The second-order valence-electron chi connectivity index (χ2n) is 7.83. The van der Waals surface area contributed by atoms with Crippen LogP contribution in [0.15, 0.2) is 5.38 Å². The van der Waals surface area contributed by atoms with Gasteiger partial charge in [-0.15, -0.1) is 11.3 Å². The summed E-state index contributed by atoms with van der Waals surface area (Å²) >= 11 is 1.74. The van der Waals surface area contributed by atoms with E-state index in [4.69, 9.17) is 0 Å². The van der Waals surface area contributed by atoms with Gasteiger partial charge < -0.3 is 15.3 Å². The Balaban J connectivity index is 1.46. The van der Waals surface area contributed by atoms with E-state index in [1.807, 2.05) is 4.90 Å². The highest BCUT2D eigenvalue weighted by atomic mass is 32.1. The summed E-state index contributed by atoms with van der Waals surface area (Å²) in [7, 11) is 0. The van der Waals surface area contributed by atoms with Crippen molar-refractivity contribution in [3.8, 4) is 0 Å². The van der Waals surface area contributed by atoms with Crippen LogP contribution in [0.1, 0.15) is 53.4 Å². The third-order valence-electron chi connectivity index (χ3n) is 6.11. The minimum atomic E-state index is -0.505. The molecule has 3 aliphatic rings. The average molecular weight is 362 g/mol. The molecule has 2 heterocycles. The number of hydrogen-bond donors (Lipinski definition) is 2. The number of nitrogens with one attached hydrogen (secondary N) is 1. The van der Waals surface area contributed by atoms with Crippen molar-refractivity contribution in [1.82, 2.24) is 10.2 Å². The summed E-state index contributed by atoms with van der Waals surface area (Å²) in [6.07, 6.45) is 5.48. The maximum Gasteiger partial charge on any atom is 0.255 e. The fourth-order valence-corrected chi connectivity index (χ4v) is 5.98. The number of thiophene rings is 1. The van der Waals surface area contributed by atoms with Gasteiger partial charge in [0.1, 0.15) is 0 Å². The smallest absolute Gasteiger partial charge is 0.255 e. The van der Waals surface area contributed by atoms with Crippen molar-refractivity contribution in [2.45, 2.75) is 57.6 Å². The first kappa shape index (κ1) is 17.0. The molecule has 4 rings (SSSR count). The fraction of sp³-hybridized carbons (Fsp3) is 0.684. The number of rotatable bonds is 2. The van der Waals surface area contributed by atoms with E-state index in [0.29, 0.717) is 18.3 Å². The number of fused-ring (bicyclic) bond motifs is 2. The highest BCUT2D eigenvalue weighted by molar-refractivity contribution is 7.10. The quantitative estimate of drug-likeness (QED) is 0.845. The summed E-state index contributed by atoms with van der Waals surface area (Å²) in [4.78, 5) is 27.8. The Hall–Kier alpha value is -1.40. The van der Waals surface area contributed by atoms with Crippen molar-refractivity contribution in [3.63, 3.8) is 0 Å². The fourth-order valence-electron chi connectivity index (χ4n) is 4.86. The van der Waals surface area contributed by atoms with E-state index < -0.39 is 6.10 Å². The molecule has 1 aromatic heterocycles. The van der Waals surface area contributed by atoms with Crippen LogP contribution in [-0.4, -0.2) is 47.1 Å². The molecule has 136 valence electrons. The standard InChI is InChI=1S/C19H26N2O3S/c1-11(22)20-16-6-12-8-21(9-13(12)7-17(16)23)19(24)15-10-25-18-5-3-2-4-14(15)18/h10,12-13,16-17,23H,2-9H2,1H3,(H,20,22)/t12-,13+,16-,17-/m1/s1. The molecule has 0 spiro atoms. The van der Waals surface area contributed by atoms with Crippen LogP contribution >= 0.6 is 11.3 Å². The molecular formula is C19H26N2O3S. The van der Waals surface area contributed by atoms with E-state index >= 15 is 0 Å². The molecule has 2 aliphatic carbocycles. The third kappa shape index (κ3) is 3.22. The molecule has 1 aliphatic heterocycles. The summed E-state index contributed by atoms with van der Waals surface area (Å²) in [6, 6.07) is -0.178. The number of carbonyl (C=O) groups excluding carboxylic acids is 2. The van der Waals surface area contributed by atoms with Gasteiger partial charge in [-0.05, 0) is 55.9 Å². The molecule has 1 saturated carbocycles. The molecule has 0 aromatic carbocycles. The predicted octanol–water partition coefficient (Wildman–Crippen LogP) is 1.97. The lowest BCUT2D eigenvalue weighted by Crippen LogP contribution is -2.48. The molecule has 2 N–H and O–H groups in total. The summed E-state index contributed by atoms with van der Waals surface area (Å²) < 4.78 is 0. The first-order chi connectivity index (χ1) is 12.0. The van der Waals surface area contributed by atoms with Crippen molar-refractivity contribution in [2.75, 3.05) is 13.1 Å². The van der Waals surface area contributed by atoms with Crippen molar-refractivity contribution in [1.29, 1.82) is 0 Å². The summed E-state index contributed by atoms with van der Waals surface area (Å²) in [5.74, 6) is 0.787. The Bertz CT molecular complexity index is 686.